The molecule has 0 radical (unpaired) electrons. The lowest BCUT2D eigenvalue weighted by Gasteiger charge is -2.03. The van der Waals surface area contributed by atoms with Gasteiger partial charge in [0.15, 0.2) is 5.82 Å². The van der Waals surface area contributed by atoms with Crippen LogP contribution >= 0.6 is 0 Å². The second-order valence-electron chi connectivity index (χ2n) is 3.82. The van der Waals surface area contributed by atoms with Crippen molar-refractivity contribution in [1.82, 2.24) is 9.97 Å². The standard InChI is InChI=1S/C14H11N3O3/c18-12(6-7-13(19)20)17-11-8-15-14(16-9-11)10-4-2-1-3-5-10/h1-9H,(H,17,18)(H,19,20)/b7-6+. The number of nitrogens with zero attached hydrogens (tertiary/aromatic N) is 2. The lowest BCUT2D eigenvalue weighted by molar-refractivity contribution is -0.131. The van der Waals surface area contributed by atoms with Crippen LogP contribution < -0.4 is 5.32 Å². The van der Waals surface area contributed by atoms with Crippen LogP contribution in [0.5, 0.6) is 0 Å². The van der Waals surface area contributed by atoms with Gasteiger partial charge in [0.25, 0.3) is 0 Å². The third kappa shape index (κ3) is 3.74. The van der Waals surface area contributed by atoms with Crippen LogP contribution in [0.4, 0.5) is 5.69 Å². The van der Waals surface area contributed by atoms with E-state index in [4.69, 9.17) is 5.11 Å². The molecule has 1 aromatic carbocycles. The van der Waals surface area contributed by atoms with Crippen LogP contribution in [-0.2, 0) is 9.59 Å². The number of benzene rings is 1. The lowest BCUT2D eigenvalue weighted by Crippen LogP contribution is -2.09. The highest BCUT2D eigenvalue weighted by molar-refractivity contribution is 6.02. The number of rotatable bonds is 4. The number of amides is 1. The number of aliphatic carboxylic acids is 1. The van der Waals surface area contributed by atoms with Crippen molar-refractivity contribution in [3.63, 3.8) is 0 Å². The third-order valence-electron chi connectivity index (χ3n) is 2.33. The number of carboxylic acid groups (broad SMARTS) is 1. The average Bonchev–Trinajstić information content (AvgIpc) is 2.47. The van der Waals surface area contributed by atoms with Gasteiger partial charge in [0.05, 0.1) is 18.1 Å². The van der Waals surface area contributed by atoms with E-state index in [1.54, 1.807) is 0 Å². The summed E-state index contributed by atoms with van der Waals surface area (Å²) in [7, 11) is 0. The van der Waals surface area contributed by atoms with E-state index in [2.05, 4.69) is 15.3 Å². The topological polar surface area (TPSA) is 92.2 Å². The molecule has 0 fully saturated rings. The molecule has 0 spiro atoms. The van der Waals surface area contributed by atoms with Crippen molar-refractivity contribution in [1.29, 1.82) is 0 Å². The van der Waals surface area contributed by atoms with Gasteiger partial charge in [-0.15, -0.1) is 0 Å². The largest absolute Gasteiger partial charge is 0.478 e. The van der Waals surface area contributed by atoms with Crippen molar-refractivity contribution in [2.75, 3.05) is 5.32 Å². The van der Waals surface area contributed by atoms with Crippen molar-refractivity contribution in [3.8, 4) is 11.4 Å². The summed E-state index contributed by atoms with van der Waals surface area (Å²) in [5.41, 5.74) is 1.26. The number of hydrogen-bond donors (Lipinski definition) is 2. The highest BCUT2D eigenvalue weighted by Crippen LogP contribution is 2.14. The molecule has 100 valence electrons. The predicted octanol–water partition coefficient (Wildman–Crippen LogP) is 1.72. The average molecular weight is 269 g/mol. The number of nitrogens with one attached hydrogen (secondary N) is 1. The normalized spacial score (nSPS) is 10.4. The number of aromatic nitrogens is 2. The summed E-state index contributed by atoms with van der Waals surface area (Å²) < 4.78 is 0. The highest BCUT2D eigenvalue weighted by atomic mass is 16.4. The Morgan fingerprint density at radius 3 is 2.30 bits per heavy atom. The van der Waals surface area contributed by atoms with Crippen LogP contribution in [0.3, 0.4) is 0 Å². The van der Waals surface area contributed by atoms with Gasteiger partial charge in [0.1, 0.15) is 0 Å². The molecule has 20 heavy (non-hydrogen) atoms. The van der Waals surface area contributed by atoms with Crippen molar-refractivity contribution in [3.05, 3.63) is 54.9 Å². The Labute approximate surface area is 114 Å². The van der Waals surface area contributed by atoms with E-state index in [1.807, 2.05) is 30.3 Å². The molecule has 2 rings (SSSR count). The molecule has 2 aromatic rings. The first-order chi connectivity index (χ1) is 9.65. The number of carbonyl (C=O) groups excluding carboxylic acids is 1. The predicted molar refractivity (Wildman–Crippen MR) is 72.9 cm³/mol. The summed E-state index contributed by atoms with van der Waals surface area (Å²) in [4.78, 5) is 29.9. The Morgan fingerprint density at radius 1 is 1.05 bits per heavy atom. The minimum Gasteiger partial charge on any atom is -0.478 e. The highest BCUT2D eigenvalue weighted by Gasteiger charge is 2.02. The maximum atomic E-state index is 11.4. The zero-order chi connectivity index (χ0) is 14.4. The SMILES string of the molecule is O=C(O)/C=C/C(=O)Nc1cnc(-c2ccccc2)nc1. The number of carboxylic acids is 1. The second-order valence-corrected chi connectivity index (χ2v) is 3.82. The van der Waals surface area contributed by atoms with Crippen molar-refractivity contribution >= 4 is 17.6 Å². The van der Waals surface area contributed by atoms with Gasteiger partial charge < -0.3 is 10.4 Å². The van der Waals surface area contributed by atoms with Crippen molar-refractivity contribution in [2.45, 2.75) is 0 Å². The lowest BCUT2D eigenvalue weighted by atomic mass is 10.2. The van der Waals surface area contributed by atoms with Gasteiger partial charge in [0.2, 0.25) is 5.91 Å². The minimum absolute atomic E-state index is 0.393. The Hall–Kier alpha value is -3.02. The van der Waals surface area contributed by atoms with Gasteiger partial charge in [-0.2, -0.15) is 0 Å². The van der Waals surface area contributed by atoms with Crippen LogP contribution in [0.25, 0.3) is 11.4 Å². The smallest absolute Gasteiger partial charge is 0.328 e. The van der Waals surface area contributed by atoms with Gasteiger partial charge in [-0.3, -0.25) is 4.79 Å². The number of anilines is 1. The summed E-state index contributed by atoms with van der Waals surface area (Å²) in [6.45, 7) is 0. The van der Waals surface area contributed by atoms with Gasteiger partial charge in [-0.05, 0) is 0 Å². The number of carbonyl (C=O) groups is 2. The van der Waals surface area contributed by atoms with Crippen LogP contribution in [0.1, 0.15) is 0 Å². The summed E-state index contributed by atoms with van der Waals surface area (Å²) in [6.07, 6.45) is 4.60. The van der Waals surface area contributed by atoms with Crippen LogP contribution in [-0.4, -0.2) is 27.0 Å². The van der Waals surface area contributed by atoms with Crippen molar-refractivity contribution in [2.24, 2.45) is 0 Å². The van der Waals surface area contributed by atoms with Crippen LogP contribution in [0.2, 0.25) is 0 Å². The van der Waals surface area contributed by atoms with Crippen LogP contribution in [0.15, 0.2) is 54.9 Å². The first-order valence-corrected chi connectivity index (χ1v) is 5.74. The Bertz CT molecular complexity index is 636. The molecule has 0 unspecified atom stereocenters. The summed E-state index contributed by atoms with van der Waals surface area (Å²) in [5.74, 6) is -1.19. The molecule has 6 heteroatoms. The molecule has 0 bridgehead atoms. The fourth-order valence-corrected chi connectivity index (χ4v) is 1.46. The fraction of sp³-hybridized carbons (Fsp3) is 0. The molecule has 0 saturated carbocycles. The maximum Gasteiger partial charge on any atom is 0.328 e. The van der Waals surface area contributed by atoms with E-state index in [1.165, 1.54) is 12.4 Å². The Balaban J connectivity index is 2.06. The molecule has 1 aromatic heterocycles. The molecule has 6 nitrogen and oxygen atoms in total. The minimum atomic E-state index is -1.18. The van der Waals surface area contributed by atoms with E-state index >= 15 is 0 Å². The van der Waals surface area contributed by atoms with E-state index in [0.717, 1.165) is 17.7 Å². The number of hydrogen-bond acceptors (Lipinski definition) is 4. The molecule has 2 N–H and O–H groups in total. The van der Waals surface area contributed by atoms with E-state index in [-0.39, 0.29) is 0 Å². The molecule has 1 heterocycles. The van der Waals surface area contributed by atoms with Gasteiger partial charge in [-0.25, -0.2) is 14.8 Å². The first-order valence-electron chi connectivity index (χ1n) is 5.74. The molecule has 0 aliphatic carbocycles. The Kier molecular flexibility index (Phi) is 4.18. The molecular weight excluding hydrogens is 258 g/mol. The van der Waals surface area contributed by atoms with Crippen LogP contribution in [0, 0.1) is 0 Å². The van der Waals surface area contributed by atoms with E-state index < -0.39 is 11.9 Å². The summed E-state index contributed by atoms with van der Waals surface area (Å²) in [6, 6.07) is 9.41. The van der Waals surface area contributed by atoms with Gasteiger partial charge >= 0.3 is 5.97 Å². The van der Waals surface area contributed by atoms with E-state index in [0.29, 0.717) is 11.5 Å². The quantitative estimate of drug-likeness (QED) is 0.824. The zero-order valence-electron chi connectivity index (χ0n) is 10.4. The van der Waals surface area contributed by atoms with Gasteiger partial charge in [-0.1, -0.05) is 30.3 Å². The second kappa shape index (κ2) is 6.24. The molecule has 0 aliphatic heterocycles. The first kappa shape index (κ1) is 13.4. The van der Waals surface area contributed by atoms with Gasteiger partial charge in [0, 0.05) is 17.7 Å². The Morgan fingerprint density at radius 2 is 1.70 bits per heavy atom. The molecule has 0 atom stereocenters. The molecule has 0 aliphatic rings. The molecule has 0 saturated heterocycles. The third-order valence-corrected chi connectivity index (χ3v) is 2.33. The summed E-state index contributed by atoms with van der Waals surface area (Å²) in [5, 5.41) is 10.9. The molecule has 1 amide bonds. The van der Waals surface area contributed by atoms with Crippen molar-refractivity contribution < 1.29 is 14.7 Å². The monoisotopic (exact) mass is 269 g/mol. The van der Waals surface area contributed by atoms with E-state index in [9.17, 15) is 9.59 Å². The maximum absolute atomic E-state index is 11.4. The molecular formula is C14H11N3O3. The zero-order valence-corrected chi connectivity index (χ0v) is 10.4. The summed E-state index contributed by atoms with van der Waals surface area (Å²) >= 11 is 0. The fourth-order valence-electron chi connectivity index (χ4n) is 1.46.